The monoisotopic (exact) mass is 1240 g/mol. The fourth-order valence-electron chi connectivity index (χ4n) is 11.2. The Morgan fingerprint density at radius 3 is 1.38 bits per heavy atom. The van der Waals surface area contributed by atoms with E-state index in [2.05, 4.69) is 55.4 Å². The number of amides is 4. The van der Waals surface area contributed by atoms with Crippen LogP contribution in [0.1, 0.15) is 163 Å². The number of aliphatic hydroxyl groups is 1. The molecule has 21 heteroatoms. The minimum atomic E-state index is -2.24. The van der Waals surface area contributed by atoms with Gasteiger partial charge in [0.15, 0.2) is 8.32 Å². The van der Waals surface area contributed by atoms with Crippen molar-refractivity contribution in [1.82, 2.24) is 41.5 Å². The smallest absolute Gasteiger partial charge is 0.325 e. The molecule has 0 radical (unpaired) electrons. The van der Waals surface area contributed by atoms with Gasteiger partial charge in [0.05, 0.1) is 46.5 Å². The summed E-state index contributed by atoms with van der Waals surface area (Å²) in [6.07, 6.45) is 6.69. The van der Waals surface area contributed by atoms with Gasteiger partial charge in [0.2, 0.25) is 11.8 Å². The summed E-state index contributed by atoms with van der Waals surface area (Å²) in [5.41, 5.74) is 10.2. The molecule has 5 N–H and O–H groups in total. The van der Waals surface area contributed by atoms with Gasteiger partial charge in [-0.05, 0) is 133 Å². The van der Waals surface area contributed by atoms with Gasteiger partial charge in [-0.3, -0.25) is 48.4 Å². The molecule has 4 aliphatic heterocycles. The number of Topliss-reactive ketones (excluding diaryl/α,β-unsaturated/α-hetero) is 2. The molecule has 0 saturated carbocycles. The first-order chi connectivity index (χ1) is 41.8. The molecule has 2 aromatic carbocycles. The van der Waals surface area contributed by atoms with Crippen LogP contribution in [0, 0.1) is 35.5 Å². The summed E-state index contributed by atoms with van der Waals surface area (Å²) in [5.74, 6) is -5.95. The van der Waals surface area contributed by atoms with Gasteiger partial charge in [-0.1, -0.05) is 109 Å². The summed E-state index contributed by atoms with van der Waals surface area (Å²) in [6, 6.07) is 15.9. The van der Waals surface area contributed by atoms with Crippen molar-refractivity contribution in [3.63, 3.8) is 0 Å². The van der Waals surface area contributed by atoms with Gasteiger partial charge in [0.1, 0.15) is 47.9 Å². The number of ether oxygens (including phenoxy) is 2. The predicted octanol–water partition coefficient (Wildman–Crippen LogP) is 9.22. The number of nitrogens with zero attached hydrogens (tertiary/aromatic N) is 4. The molecule has 482 valence electrons. The van der Waals surface area contributed by atoms with E-state index in [9.17, 15) is 43.5 Å². The highest BCUT2D eigenvalue weighted by atomic mass is 28.4. The van der Waals surface area contributed by atoms with Gasteiger partial charge >= 0.3 is 11.9 Å². The van der Waals surface area contributed by atoms with Crippen LogP contribution in [0.3, 0.4) is 0 Å². The molecule has 89 heavy (non-hydrogen) atoms. The number of benzene rings is 2. The van der Waals surface area contributed by atoms with Crippen molar-refractivity contribution in [3.8, 4) is 0 Å². The molecule has 4 aliphatic rings. The lowest BCUT2D eigenvalue weighted by atomic mass is 9.84. The predicted molar refractivity (Wildman–Crippen MR) is 344 cm³/mol. The first kappa shape index (κ1) is 69.4. The van der Waals surface area contributed by atoms with Gasteiger partial charge < -0.3 is 29.6 Å². The van der Waals surface area contributed by atoms with Crippen molar-refractivity contribution in [2.75, 3.05) is 13.1 Å². The minimum absolute atomic E-state index is 0.00101. The van der Waals surface area contributed by atoms with Crippen molar-refractivity contribution in [2.45, 2.75) is 195 Å². The Morgan fingerprint density at radius 2 is 0.989 bits per heavy atom. The number of rotatable bonds is 6. The second-order valence-corrected chi connectivity index (χ2v) is 31.5. The normalized spacial score (nSPS) is 27.5. The first-order valence-electron chi connectivity index (χ1n) is 31.6. The average Bonchev–Trinajstić information content (AvgIpc) is 3.59. The Hall–Kier alpha value is -7.04. The van der Waals surface area contributed by atoms with Crippen LogP contribution in [-0.4, -0.2) is 130 Å². The van der Waals surface area contributed by atoms with E-state index in [-0.39, 0.29) is 59.0 Å². The van der Waals surface area contributed by atoms with Gasteiger partial charge in [0.25, 0.3) is 11.8 Å². The molecule has 12 atom stereocenters. The number of carbonyl (C=O) groups excluding carboxylic acids is 8. The summed E-state index contributed by atoms with van der Waals surface area (Å²) < 4.78 is 18.3. The Labute approximate surface area is 525 Å². The molecule has 0 spiro atoms. The van der Waals surface area contributed by atoms with Crippen LogP contribution in [0.4, 0.5) is 0 Å². The zero-order valence-corrected chi connectivity index (χ0v) is 55.5. The highest BCUT2D eigenvalue weighted by molar-refractivity contribution is 6.74. The Balaban J connectivity index is 0.000000257. The third-order valence-corrected chi connectivity index (χ3v) is 22.6. The average molecular weight is 1240 g/mol. The van der Waals surface area contributed by atoms with Crippen molar-refractivity contribution in [1.29, 1.82) is 0 Å². The summed E-state index contributed by atoms with van der Waals surface area (Å²) in [4.78, 5) is 117. The van der Waals surface area contributed by atoms with Crippen LogP contribution in [0.5, 0.6) is 0 Å². The highest BCUT2D eigenvalue weighted by Crippen LogP contribution is 2.39. The lowest BCUT2D eigenvalue weighted by Gasteiger charge is -2.40. The molecule has 2 saturated heterocycles. The standard InChI is InChI=1S/C37H54N4O6Si.C31H40N4O6/c1-22(2)29-21-33(42)28(24(4)47-48(9,10)37(6,7)8)17-14-26-13-15-27-16-18-30(39-32(27)20-26)25(5)46-36(45)31-12-11-19-41(40-31)35(44)23(3)38-34(29)43;1-17(2)24-16-28(37)23(19(4)36)12-9-21-8-10-22-11-13-25(33-27(22)15-21)20(5)41-31(40)26-7-6-14-35(34-26)30(39)18(3)32-29(24)38/h13-18,20,22-25,28-29,31,40H,11-12,19,21H2,1-10H3,(H,38,43);8-13,15,17-20,23-24,26,34,36H,6-7,14,16H2,1-5H3,(H,32,38)/b17-14+;12-9+/t23-,24+,25+,28+,29-,31-;18-,19+,20+,23+,24-,26-/m00/s1. The molecule has 20 nitrogen and oxygen atoms in total. The number of nitrogens with one attached hydrogen (secondary N) is 4. The fourth-order valence-corrected chi connectivity index (χ4v) is 12.7. The lowest BCUT2D eigenvalue weighted by molar-refractivity contribution is -0.158. The summed E-state index contributed by atoms with van der Waals surface area (Å²) >= 11 is 0. The minimum Gasteiger partial charge on any atom is -0.455 e. The number of fused-ring (bicyclic) bond motifs is 8. The summed E-state index contributed by atoms with van der Waals surface area (Å²) in [6.45, 7) is 29.3. The van der Waals surface area contributed by atoms with Crippen LogP contribution in [0.25, 0.3) is 34.0 Å². The molecule has 2 fully saturated rings. The molecular weight excluding hydrogens is 1150 g/mol. The maximum Gasteiger partial charge on any atom is 0.325 e. The summed E-state index contributed by atoms with van der Waals surface area (Å²) in [5, 5.41) is 20.6. The van der Waals surface area contributed by atoms with E-state index in [1.165, 1.54) is 10.0 Å². The number of hydrazine groups is 2. The molecule has 8 rings (SSSR count). The number of esters is 2. The molecule has 4 amide bonds. The van der Waals surface area contributed by atoms with Gasteiger partial charge in [-0.2, -0.15) is 0 Å². The second-order valence-electron chi connectivity index (χ2n) is 26.8. The largest absolute Gasteiger partial charge is 0.455 e. The molecule has 0 unspecified atom stereocenters. The van der Waals surface area contributed by atoms with Crippen LogP contribution in [-0.2, 0) is 52.3 Å². The lowest BCUT2D eigenvalue weighted by Crippen LogP contribution is -2.59. The van der Waals surface area contributed by atoms with E-state index in [0.29, 0.717) is 55.7 Å². The Bertz CT molecular complexity index is 3320. The number of pyridine rings is 2. The van der Waals surface area contributed by atoms with E-state index in [1.54, 1.807) is 46.8 Å². The second kappa shape index (κ2) is 29.7. The van der Waals surface area contributed by atoms with E-state index in [4.69, 9.17) is 23.9 Å². The summed E-state index contributed by atoms with van der Waals surface area (Å²) in [7, 11) is -2.24. The van der Waals surface area contributed by atoms with Crippen LogP contribution >= 0.6 is 0 Å². The maximum atomic E-state index is 14.2. The van der Waals surface area contributed by atoms with Gasteiger partial charge in [0, 0.05) is 48.5 Å². The number of aromatic nitrogens is 2. The van der Waals surface area contributed by atoms with Gasteiger partial charge in [-0.15, -0.1) is 0 Å². The highest BCUT2D eigenvalue weighted by Gasteiger charge is 2.42. The molecule has 2 aromatic heterocycles. The first-order valence-corrected chi connectivity index (χ1v) is 34.5. The van der Waals surface area contributed by atoms with Crippen LogP contribution in [0.2, 0.25) is 18.1 Å². The van der Waals surface area contributed by atoms with Crippen LogP contribution in [0.15, 0.2) is 72.8 Å². The van der Waals surface area contributed by atoms with E-state index >= 15 is 0 Å². The zero-order valence-electron chi connectivity index (χ0n) is 54.5. The van der Waals surface area contributed by atoms with E-state index in [1.807, 2.05) is 107 Å². The van der Waals surface area contributed by atoms with Crippen LogP contribution < -0.4 is 21.5 Å². The fraction of sp³-hybridized carbons (Fsp3) is 0.559. The van der Waals surface area contributed by atoms with E-state index < -0.39 is 98.4 Å². The number of ketones is 2. The van der Waals surface area contributed by atoms with Crippen molar-refractivity contribution in [2.24, 2.45) is 35.5 Å². The third-order valence-electron chi connectivity index (χ3n) is 18.0. The molecule has 4 aromatic rings. The number of carbonyl (C=O) groups is 8. The zero-order chi connectivity index (χ0) is 65.4. The SMILES string of the molecule is CC(C)[C@@H]1CC(=O)[C@@H]([C@@H](C)O)/C=C/c2ccc3ccc(nc3c2)[C@@H](C)OC(=O)[C@@H]2CCCN(N2)C(=O)[C@H](C)NC1=O.CC(C)[C@@H]1CC(=O)[C@@H]([C@@H](C)O[Si](C)(C)C(C)(C)C)/C=C/c2ccc3ccc(nc3c2)[C@@H](C)OC(=O)[C@@H]2CCCN(N2)C(=O)[C@H](C)NC1=O. The van der Waals surface area contributed by atoms with E-state index in [0.717, 1.165) is 27.4 Å². The van der Waals surface area contributed by atoms with Crippen molar-refractivity contribution >= 4 is 89.4 Å². The molecule has 6 heterocycles. The topological polar surface area (TPSA) is 265 Å². The Kier molecular flexibility index (Phi) is 23.2. The maximum absolute atomic E-state index is 14.2. The van der Waals surface area contributed by atoms with Crippen molar-refractivity contribution < 1.29 is 57.4 Å². The number of cyclic esters (lactones) is 2. The van der Waals surface area contributed by atoms with Gasteiger partial charge in [-0.25, -0.2) is 20.8 Å². The Morgan fingerprint density at radius 1 is 0.596 bits per heavy atom. The third kappa shape index (κ3) is 17.7. The number of hydrogen-bond donors (Lipinski definition) is 5. The molecule has 0 aliphatic carbocycles. The number of aliphatic hydroxyl groups excluding tert-OH is 1. The molecular formula is C68H94N8O12Si. The quantitative estimate of drug-likeness (QED) is 0.0889. The number of hydrogen-bond acceptors (Lipinski definition) is 16. The van der Waals surface area contributed by atoms with Crippen molar-refractivity contribution in [3.05, 3.63) is 95.3 Å². The molecule has 10 bridgehead atoms.